The lowest BCUT2D eigenvalue weighted by Crippen LogP contribution is -2.31. The monoisotopic (exact) mass is 369 g/mol. The molecule has 0 spiro atoms. The molecule has 28 heavy (non-hydrogen) atoms. The molecule has 4 aromatic rings. The summed E-state index contributed by atoms with van der Waals surface area (Å²) in [5.41, 5.74) is 4.53. The third-order valence-electron chi connectivity index (χ3n) is 5.07. The van der Waals surface area contributed by atoms with E-state index in [9.17, 15) is 4.79 Å². The highest BCUT2D eigenvalue weighted by Crippen LogP contribution is 2.23. The van der Waals surface area contributed by atoms with Crippen LogP contribution in [0.15, 0.2) is 72.9 Å². The Kier molecular flexibility index (Phi) is 4.01. The number of hydrogen-bond donors (Lipinski definition) is 1. The van der Waals surface area contributed by atoms with Crippen LogP contribution in [0.2, 0.25) is 0 Å². The van der Waals surface area contributed by atoms with Crippen molar-refractivity contribution >= 4 is 23.1 Å². The number of carbonyl (C=O) groups excluding carboxylic acids is 1. The minimum absolute atomic E-state index is 0.229. The molecule has 3 heterocycles. The van der Waals surface area contributed by atoms with E-state index < -0.39 is 0 Å². The molecule has 0 unspecified atom stereocenters. The molecule has 5 rings (SSSR count). The Labute approximate surface area is 162 Å². The van der Waals surface area contributed by atoms with Crippen molar-refractivity contribution < 1.29 is 4.79 Å². The van der Waals surface area contributed by atoms with Crippen molar-refractivity contribution in [2.24, 2.45) is 0 Å². The van der Waals surface area contributed by atoms with Crippen LogP contribution >= 0.6 is 0 Å². The quantitative estimate of drug-likeness (QED) is 0.600. The maximum atomic E-state index is 12.7. The summed E-state index contributed by atoms with van der Waals surface area (Å²) in [6, 6.07) is 21.8. The fourth-order valence-electron chi connectivity index (χ4n) is 3.60. The molecule has 0 saturated heterocycles. The minimum Gasteiger partial charge on any atom is -0.351 e. The third-order valence-corrected chi connectivity index (χ3v) is 5.07. The molecule has 6 nitrogen and oxygen atoms in total. The number of para-hydroxylation sites is 1. The van der Waals surface area contributed by atoms with Gasteiger partial charge in [-0.1, -0.05) is 42.5 Å². The van der Waals surface area contributed by atoms with Crippen LogP contribution in [0.5, 0.6) is 0 Å². The van der Waals surface area contributed by atoms with Gasteiger partial charge < -0.3 is 10.2 Å². The van der Waals surface area contributed by atoms with Crippen LogP contribution in [0.4, 0.5) is 11.5 Å². The topological polar surface area (TPSA) is 62.5 Å². The predicted octanol–water partition coefficient (Wildman–Crippen LogP) is 3.54. The van der Waals surface area contributed by atoms with Crippen LogP contribution < -0.4 is 10.2 Å². The fraction of sp³-hybridized carbons (Fsp3) is 0.136. The van der Waals surface area contributed by atoms with Crippen molar-refractivity contribution in [2.75, 3.05) is 16.8 Å². The zero-order valence-electron chi connectivity index (χ0n) is 15.2. The van der Waals surface area contributed by atoms with E-state index in [-0.39, 0.29) is 5.91 Å². The van der Waals surface area contributed by atoms with Gasteiger partial charge in [0.25, 0.3) is 5.91 Å². The summed E-state index contributed by atoms with van der Waals surface area (Å²) in [4.78, 5) is 19.3. The van der Waals surface area contributed by atoms with Crippen molar-refractivity contribution in [3.05, 3.63) is 89.7 Å². The summed E-state index contributed by atoms with van der Waals surface area (Å²) in [6.07, 6.45) is 2.55. The molecule has 138 valence electrons. The van der Waals surface area contributed by atoms with Gasteiger partial charge in [0.15, 0.2) is 11.3 Å². The van der Waals surface area contributed by atoms with E-state index in [1.807, 2.05) is 42.5 Å². The Morgan fingerprint density at radius 3 is 2.57 bits per heavy atom. The van der Waals surface area contributed by atoms with E-state index in [1.165, 1.54) is 11.1 Å². The number of benzene rings is 2. The summed E-state index contributed by atoms with van der Waals surface area (Å²) in [5.74, 6) is 0.612. The summed E-state index contributed by atoms with van der Waals surface area (Å²) < 4.78 is 1.62. The molecule has 0 atom stereocenters. The van der Waals surface area contributed by atoms with E-state index in [1.54, 1.807) is 10.7 Å². The van der Waals surface area contributed by atoms with Gasteiger partial charge in [0, 0.05) is 18.8 Å². The molecule has 6 heteroatoms. The Balaban J connectivity index is 1.45. The van der Waals surface area contributed by atoms with E-state index in [4.69, 9.17) is 5.10 Å². The zero-order valence-corrected chi connectivity index (χ0v) is 15.2. The molecule has 2 aromatic carbocycles. The molecule has 2 aromatic heterocycles. The lowest BCUT2D eigenvalue weighted by molar-refractivity contribution is 0.102. The number of hydrogen-bond acceptors (Lipinski definition) is 4. The zero-order chi connectivity index (χ0) is 18.9. The summed E-state index contributed by atoms with van der Waals surface area (Å²) in [5, 5.41) is 7.61. The number of fused-ring (bicyclic) bond motifs is 2. The Morgan fingerprint density at radius 1 is 0.929 bits per heavy atom. The highest BCUT2D eigenvalue weighted by molar-refractivity contribution is 6.03. The highest BCUT2D eigenvalue weighted by Gasteiger charge is 2.19. The van der Waals surface area contributed by atoms with Gasteiger partial charge in [-0.05, 0) is 41.8 Å². The van der Waals surface area contributed by atoms with Gasteiger partial charge in [0.1, 0.15) is 5.82 Å². The first-order valence-corrected chi connectivity index (χ1v) is 9.31. The molecule has 0 radical (unpaired) electrons. The average molecular weight is 369 g/mol. The molecule has 1 aliphatic rings. The van der Waals surface area contributed by atoms with Crippen LogP contribution in [-0.4, -0.2) is 27.0 Å². The number of carbonyl (C=O) groups is 1. The van der Waals surface area contributed by atoms with E-state index in [2.05, 4.69) is 39.5 Å². The van der Waals surface area contributed by atoms with Gasteiger partial charge >= 0.3 is 0 Å². The van der Waals surface area contributed by atoms with Crippen molar-refractivity contribution in [3.63, 3.8) is 0 Å². The number of nitrogens with one attached hydrogen (secondary N) is 1. The predicted molar refractivity (Wildman–Crippen MR) is 109 cm³/mol. The lowest BCUT2D eigenvalue weighted by Gasteiger charge is -2.29. The Morgan fingerprint density at radius 2 is 1.71 bits per heavy atom. The molecular formula is C22H19N5O. The maximum Gasteiger partial charge on any atom is 0.276 e. The Hall–Kier alpha value is -3.67. The highest BCUT2D eigenvalue weighted by atomic mass is 16.2. The molecule has 0 fully saturated rings. The van der Waals surface area contributed by atoms with E-state index in [0.29, 0.717) is 11.3 Å². The number of aromatic nitrogens is 3. The normalized spacial score (nSPS) is 13.4. The molecule has 0 bridgehead atoms. The number of nitrogens with zero attached hydrogens (tertiary/aromatic N) is 4. The van der Waals surface area contributed by atoms with Gasteiger partial charge in [-0.25, -0.2) is 9.50 Å². The van der Waals surface area contributed by atoms with Crippen molar-refractivity contribution in [1.29, 1.82) is 0 Å². The molecule has 1 amide bonds. The first-order valence-electron chi connectivity index (χ1n) is 9.31. The second-order valence-electron chi connectivity index (χ2n) is 6.87. The second kappa shape index (κ2) is 6.81. The van der Waals surface area contributed by atoms with Crippen molar-refractivity contribution in [2.45, 2.75) is 13.0 Å². The van der Waals surface area contributed by atoms with Gasteiger partial charge in [0.2, 0.25) is 0 Å². The van der Waals surface area contributed by atoms with Crippen LogP contribution in [-0.2, 0) is 13.0 Å². The Bertz CT molecular complexity index is 1150. The van der Waals surface area contributed by atoms with Crippen molar-refractivity contribution in [1.82, 2.24) is 14.6 Å². The first kappa shape index (κ1) is 16.5. The number of amides is 1. The van der Waals surface area contributed by atoms with E-state index >= 15 is 0 Å². The SMILES string of the molecule is O=C(Nc1ccccc1)c1cnc2ccc(N3CCc4ccccc4C3)nn12. The number of rotatable bonds is 3. The smallest absolute Gasteiger partial charge is 0.276 e. The molecule has 1 N–H and O–H groups in total. The molecule has 0 saturated carbocycles. The van der Waals surface area contributed by atoms with Crippen molar-refractivity contribution in [3.8, 4) is 0 Å². The van der Waals surface area contributed by atoms with Gasteiger partial charge in [-0.3, -0.25) is 4.79 Å². The third kappa shape index (κ3) is 2.99. The van der Waals surface area contributed by atoms with Gasteiger partial charge in [-0.15, -0.1) is 5.10 Å². The second-order valence-corrected chi connectivity index (χ2v) is 6.87. The van der Waals surface area contributed by atoms with E-state index in [0.717, 1.165) is 31.0 Å². The molecule has 1 aliphatic heterocycles. The summed E-state index contributed by atoms with van der Waals surface area (Å²) in [7, 11) is 0. The largest absolute Gasteiger partial charge is 0.351 e. The lowest BCUT2D eigenvalue weighted by atomic mass is 10.00. The van der Waals surface area contributed by atoms with Gasteiger partial charge in [0.05, 0.1) is 6.20 Å². The summed E-state index contributed by atoms with van der Waals surface area (Å²) in [6.45, 7) is 1.71. The van der Waals surface area contributed by atoms with Crippen LogP contribution in [0.1, 0.15) is 21.6 Å². The molecule has 0 aliphatic carbocycles. The number of imidazole rings is 1. The van der Waals surface area contributed by atoms with Crippen LogP contribution in [0, 0.1) is 0 Å². The number of anilines is 2. The standard InChI is InChI=1S/C22H19N5O/c28-22(24-18-8-2-1-3-9-18)19-14-23-20-10-11-21(25-27(19)20)26-13-12-16-6-4-5-7-17(16)15-26/h1-11,14H,12-13,15H2,(H,24,28). The maximum absolute atomic E-state index is 12.7. The fourth-order valence-corrected chi connectivity index (χ4v) is 3.60. The molecular weight excluding hydrogens is 350 g/mol. The summed E-state index contributed by atoms with van der Waals surface area (Å²) >= 11 is 0. The first-order chi connectivity index (χ1) is 13.8. The van der Waals surface area contributed by atoms with Gasteiger partial charge in [-0.2, -0.15) is 0 Å². The minimum atomic E-state index is -0.229. The van der Waals surface area contributed by atoms with Crippen LogP contribution in [0.3, 0.4) is 0 Å². The van der Waals surface area contributed by atoms with Crippen LogP contribution in [0.25, 0.3) is 5.65 Å². The average Bonchev–Trinajstić information content (AvgIpc) is 3.17.